The molecule has 5 nitrogen and oxygen atoms in total. The van der Waals surface area contributed by atoms with E-state index in [1.165, 1.54) is 7.11 Å². The summed E-state index contributed by atoms with van der Waals surface area (Å²) in [5, 5.41) is 10.9. The molecule has 5 rings (SSSR count). The molecule has 0 spiro atoms. The molecule has 0 aromatic heterocycles. The molecule has 5 fully saturated rings. The Hall–Kier alpha value is -0.940. The molecule has 0 heterocycles. The number of aliphatic hydroxyl groups excluding tert-OH is 1. The quantitative estimate of drug-likeness (QED) is 0.493. The summed E-state index contributed by atoms with van der Waals surface area (Å²) >= 11 is 0. The van der Waals surface area contributed by atoms with E-state index in [1.54, 1.807) is 14.0 Å². The molecular formula is C31H50O5. The van der Waals surface area contributed by atoms with Crippen LogP contribution in [0.2, 0.25) is 0 Å². The number of ether oxygens (including phenoxy) is 2. The van der Waals surface area contributed by atoms with Crippen LogP contribution in [-0.2, 0) is 19.1 Å². The summed E-state index contributed by atoms with van der Waals surface area (Å²) in [4.78, 5) is 26.6. The van der Waals surface area contributed by atoms with E-state index in [-0.39, 0.29) is 57.5 Å². The molecule has 11 atom stereocenters. The number of fused-ring (bicyclic) bond motifs is 7. The summed E-state index contributed by atoms with van der Waals surface area (Å²) < 4.78 is 11.4. The highest BCUT2D eigenvalue weighted by Crippen LogP contribution is 2.77. The summed E-state index contributed by atoms with van der Waals surface area (Å²) in [5.74, 6) is 1.20. The van der Waals surface area contributed by atoms with E-state index in [0.29, 0.717) is 24.2 Å². The molecule has 0 aromatic carbocycles. The van der Waals surface area contributed by atoms with Gasteiger partial charge in [0, 0.05) is 13.0 Å². The van der Waals surface area contributed by atoms with Gasteiger partial charge >= 0.3 is 5.97 Å². The molecule has 36 heavy (non-hydrogen) atoms. The molecule has 204 valence electrons. The maximum Gasteiger partial charge on any atom is 0.312 e. The number of aliphatic hydroxyl groups is 1. The molecular weight excluding hydrogens is 452 g/mol. The Bertz CT molecular complexity index is 928. The van der Waals surface area contributed by atoms with Crippen molar-refractivity contribution in [2.75, 3.05) is 14.2 Å². The number of esters is 1. The summed E-state index contributed by atoms with van der Waals surface area (Å²) in [7, 11) is 3.20. The molecule has 1 unspecified atom stereocenters. The summed E-state index contributed by atoms with van der Waals surface area (Å²) in [6, 6.07) is 0. The highest BCUT2D eigenvalue weighted by Gasteiger charge is 2.73. The maximum absolute atomic E-state index is 13.5. The molecule has 5 heteroatoms. The Morgan fingerprint density at radius 1 is 0.833 bits per heavy atom. The van der Waals surface area contributed by atoms with Crippen molar-refractivity contribution >= 4 is 11.8 Å². The number of hydrogen-bond donors (Lipinski definition) is 1. The minimum atomic E-state index is -0.614. The fraction of sp³-hybridized carbons (Fsp3) is 0.935. The highest BCUT2D eigenvalue weighted by atomic mass is 16.5. The minimum Gasteiger partial charge on any atom is -0.469 e. The van der Waals surface area contributed by atoms with Gasteiger partial charge in [0.15, 0.2) is 0 Å². The molecule has 0 radical (unpaired) electrons. The largest absolute Gasteiger partial charge is 0.469 e. The third-order valence-electron chi connectivity index (χ3n) is 13.8. The van der Waals surface area contributed by atoms with Gasteiger partial charge < -0.3 is 14.6 Å². The lowest BCUT2D eigenvalue weighted by Gasteiger charge is -2.72. The fourth-order valence-electron chi connectivity index (χ4n) is 11.9. The van der Waals surface area contributed by atoms with Crippen LogP contribution >= 0.6 is 0 Å². The zero-order valence-corrected chi connectivity index (χ0v) is 24.0. The smallest absolute Gasteiger partial charge is 0.312 e. The molecule has 0 aromatic rings. The van der Waals surface area contributed by atoms with Gasteiger partial charge in [-0.3, -0.25) is 9.59 Å². The van der Waals surface area contributed by atoms with E-state index in [0.717, 1.165) is 51.4 Å². The lowest BCUT2D eigenvalue weighted by Crippen LogP contribution is -2.67. The third-order valence-corrected chi connectivity index (χ3v) is 13.8. The van der Waals surface area contributed by atoms with Gasteiger partial charge in [0.25, 0.3) is 0 Å². The standard InChI is InChI=1S/C31H50O5/c1-18(32)24-20(35-7)17-31(26(34)36-8)16-15-29(5)19(25(24)31)9-10-22-28(4)13-12-23(33)27(2,3)21(28)11-14-30(22,29)6/h19-25,33H,9-17H2,1-8H3/t19-,20?,21+,22-,23+,24-,25+,28+,29-,30-,31-/m1/s1. The van der Waals surface area contributed by atoms with Crippen molar-refractivity contribution in [3.8, 4) is 0 Å². The summed E-state index contributed by atoms with van der Waals surface area (Å²) in [6.07, 6.45) is 8.47. The van der Waals surface area contributed by atoms with E-state index >= 15 is 0 Å². The Balaban J connectivity index is 1.58. The highest BCUT2D eigenvalue weighted by molar-refractivity contribution is 5.84. The number of carbonyl (C=O) groups excluding carboxylic acids is 2. The second-order valence-electron chi connectivity index (χ2n) is 14.8. The predicted octanol–water partition coefficient (Wildman–Crippen LogP) is 5.82. The maximum atomic E-state index is 13.5. The lowest BCUT2D eigenvalue weighted by molar-refractivity contribution is -0.248. The number of methoxy groups -OCH3 is 2. The van der Waals surface area contributed by atoms with Crippen LogP contribution in [-0.4, -0.2) is 43.3 Å². The van der Waals surface area contributed by atoms with Gasteiger partial charge in [-0.1, -0.05) is 34.6 Å². The number of rotatable bonds is 3. The molecule has 0 amide bonds. The van der Waals surface area contributed by atoms with Gasteiger partial charge in [-0.2, -0.15) is 0 Å². The molecule has 1 N–H and O–H groups in total. The van der Waals surface area contributed by atoms with Crippen LogP contribution in [0.15, 0.2) is 0 Å². The molecule has 5 aliphatic carbocycles. The van der Waals surface area contributed by atoms with Crippen molar-refractivity contribution in [1.29, 1.82) is 0 Å². The number of ketones is 1. The lowest BCUT2D eigenvalue weighted by atomic mass is 9.32. The van der Waals surface area contributed by atoms with E-state index in [9.17, 15) is 14.7 Å². The molecule has 0 bridgehead atoms. The van der Waals surface area contributed by atoms with Gasteiger partial charge in [0.1, 0.15) is 5.78 Å². The van der Waals surface area contributed by atoms with Crippen molar-refractivity contribution < 1.29 is 24.2 Å². The zero-order chi connectivity index (χ0) is 26.5. The normalized spacial score (nSPS) is 53.4. The second-order valence-corrected chi connectivity index (χ2v) is 14.8. The summed E-state index contributed by atoms with van der Waals surface area (Å²) in [6.45, 7) is 13.9. The minimum absolute atomic E-state index is 0.0147. The Morgan fingerprint density at radius 2 is 1.53 bits per heavy atom. The first-order chi connectivity index (χ1) is 16.7. The Labute approximate surface area is 218 Å². The SMILES string of the molecule is COC(=O)[C@@]12CC[C@]3(C)[C@H](CC[C@@H]4[C@@]5(C)CC[C@H](O)C(C)(C)[C@@H]5CC[C@]43C)[C@H]1[C@H](C(C)=O)C(OC)C2. The molecule has 5 aliphatic rings. The Morgan fingerprint density at radius 3 is 2.14 bits per heavy atom. The first-order valence-electron chi connectivity index (χ1n) is 14.5. The zero-order valence-electron chi connectivity index (χ0n) is 24.0. The number of carbonyl (C=O) groups is 2. The Kier molecular flexibility index (Phi) is 6.13. The predicted molar refractivity (Wildman–Crippen MR) is 139 cm³/mol. The van der Waals surface area contributed by atoms with Gasteiger partial charge in [0.2, 0.25) is 0 Å². The first kappa shape index (κ1) is 26.7. The van der Waals surface area contributed by atoms with Crippen LogP contribution in [0, 0.1) is 56.7 Å². The van der Waals surface area contributed by atoms with Gasteiger partial charge in [-0.15, -0.1) is 0 Å². The van der Waals surface area contributed by atoms with Crippen molar-refractivity contribution in [2.45, 2.75) is 112 Å². The molecule has 0 aliphatic heterocycles. The third kappa shape index (κ3) is 3.08. The average molecular weight is 503 g/mol. The van der Waals surface area contributed by atoms with Crippen molar-refractivity contribution in [3.05, 3.63) is 0 Å². The van der Waals surface area contributed by atoms with E-state index in [2.05, 4.69) is 34.6 Å². The molecule has 5 saturated carbocycles. The first-order valence-corrected chi connectivity index (χ1v) is 14.5. The van der Waals surface area contributed by atoms with E-state index in [4.69, 9.17) is 9.47 Å². The number of hydrogen-bond acceptors (Lipinski definition) is 5. The van der Waals surface area contributed by atoms with Crippen LogP contribution < -0.4 is 0 Å². The summed E-state index contributed by atoms with van der Waals surface area (Å²) in [5.41, 5.74) is -0.255. The van der Waals surface area contributed by atoms with Crippen molar-refractivity contribution in [2.24, 2.45) is 56.7 Å². The van der Waals surface area contributed by atoms with Crippen LogP contribution in [0.5, 0.6) is 0 Å². The van der Waals surface area contributed by atoms with Crippen LogP contribution in [0.1, 0.15) is 99.3 Å². The van der Waals surface area contributed by atoms with Crippen LogP contribution in [0.25, 0.3) is 0 Å². The van der Waals surface area contributed by atoms with E-state index in [1.807, 2.05) is 0 Å². The topological polar surface area (TPSA) is 72.8 Å². The molecule has 0 saturated heterocycles. The van der Waals surface area contributed by atoms with E-state index < -0.39 is 5.41 Å². The fourth-order valence-corrected chi connectivity index (χ4v) is 11.9. The second kappa shape index (κ2) is 8.28. The van der Waals surface area contributed by atoms with Crippen molar-refractivity contribution in [1.82, 2.24) is 0 Å². The van der Waals surface area contributed by atoms with Gasteiger partial charge in [-0.25, -0.2) is 0 Å². The van der Waals surface area contributed by atoms with Crippen molar-refractivity contribution in [3.63, 3.8) is 0 Å². The van der Waals surface area contributed by atoms with Gasteiger partial charge in [-0.05, 0) is 110 Å². The van der Waals surface area contributed by atoms with Gasteiger partial charge in [0.05, 0.1) is 24.7 Å². The average Bonchev–Trinajstić information content (AvgIpc) is 3.18. The number of Topliss-reactive ketones (excluding diaryl/α,β-unsaturated/α-hetero) is 1. The monoisotopic (exact) mass is 502 g/mol. The van der Waals surface area contributed by atoms with Crippen LogP contribution in [0.3, 0.4) is 0 Å². The van der Waals surface area contributed by atoms with Crippen LogP contribution in [0.4, 0.5) is 0 Å².